The van der Waals surface area contributed by atoms with Crippen LogP contribution in [0.5, 0.6) is 0 Å². The number of aromatic amines is 1. The van der Waals surface area contributed by atoms with Crippen molar-refractivity contribution in [3.63, 3.8) is 0 Å². The van der Waals surface area contributed by atoms with Crippen molar-refractivity contribution in [2.45, 2.75) is 32.4 Å². The van der Waals surface area contributed by atoms with Crippen molar-refractivity contribution in [2.75, 3.05) is 39.8 Å². The zero-order chi connectivity index (χ0) is 16.9. The number of aryl methyl sites for hydroxylation is 1. The average Bonchev–Trinajstić information content (AvgIpc) is 3.27. The lowest BCUT2D eigenvalue weighted by Gasteiger charge is -2.37. The Hall–Kier alpha value is -2.09. The van der Waals surface area contributed by atoms with Gasteiger partial charge in [0.1, 0.15) is 6.10 Å². The number of carbonyl (C=O) groups excluding carboxylic acids is 1. The Morgan fingerprint density at radius 3 is 2.75 bits per heavy atom. The van der Waals surface area contributed by atoms with E-state index >= 15 is 0 Å². The molecule has 2 N–H and O–H groups in total. The van der Waals surface area contributed by atoms with Crippen LogP contribution < -0.4 is 5.32 Å². The average molecular weight is 334 g/mol. The van der Waals surface area contributed by atoms with Crippen molar-refractivity contribution >= 4 is 11.9 Å². The SMILES string of the molecule is CN=C(NCc1cn[nH]c1C)N1CCN(C(=O)C2CCCO2)CC1. The molecule has 2 saturated heterocycles. The molecule has 2 aliphatic rings. The second kappa shape index (κ2) is 7.65. The van der Waals surface area contributed by atoms with Crippen molar-refractivity contribution in [1.29, 1.82) is 0 Å². The summed E-state index contributed by atoms with van der Waals surface area (Å²) in [6, 6.07) is 0. The van der Waals surface area contributed by atoms with E-state index in [0.29, 0.717) is 26.2 Å². The number of nitrogens with one attached hydrogen (secondary N) is 2. The number of aliphatic imine (C=N–C) groups is 1. The number of aromatic nitrogens is 2. The molecule has 2 aliphatic heterocycles. The number of rotatable bonds is 3. The summed E-state index contributed by atoms with van der Waals surface area (Å²) in [6.45, 7) is 6.38. The lowest BCUT2D eigenvalue weighted by atomic mass is 10.2. The molecule has 0 aliphatic carbocycles. The van der Waals surface area contributed by atoms with E-state index in [9.17, 15) is 4.79 Å². The summed E-state index contributed by atoms with van der Waals surface area (Å²) >= 11 is 0. The zero-order valence-corrected chi connectivity index (χ0v) is 14.4. The van der Waals surface area contributed by atoms with E-state index in [-0.39, 0.29) is 12.0 Å². The molecule has 24 heavy (non-hydrogen) atoms. The number of hydrogen-bond donors (Lipinski definition) is 2. The number of nitrogens with zero attached hydrogens (tertiary/aromatic N) is 4. The maximum Gasteiger partial charge on any atom is 0.251 e. The van der Waals surface area contributed by atoms with Crippen molar-refractivity contribution in [3.8, 4) is 0 Å². The number of piperazine rings is 1. The Morgan fingerprint density at radius 1 is 1.42 bits per heavy atom. The first kappa shape index (κ1) is 16.8. The van der Waals surface area contributed by atoms with E-state index in [0.717, 1.165) is 43.1 Å². The first-order valence-electron chi connectivity index (χ1n) is 8.54. The lowest BCUT2D eigenvalue weighted by Crippen LogP contribution is -2.55. The fourth-order valence-corrected chi connectivity index (χ4v) is 3.18. The summed E-state index contributed by atoms with van der Waals surface area (Å²) in [7, 11) is 1.79. The molecular weight excluding hydrogens is 308 g/mol. The number of carbonyl (C=O) groups is 1. The minimum Gasteiger partial charge on any atom is -0.368 e. The third-order valence-electron chi connectivity index (χ3n) is 4.68. The summed E-state index contributed by atoms with van der Waals surface area (Å²) in [4.78, 5) is 20.9. The van der Waals surface area contributed by atoms with Crippen LogP contribution in [0, 0.1) is 6.92 Å². The molecule has 1 aromatic heterocycles. The first-order valence-corrected chi connectivity index (χ1v) is 8.54. The van der Waals surface area contributed by atoms with Crippen LogP contribution in [0.4, 0.5) is 0 Å². The maximum absolute atomic E-state index is 12.4. The molecule has 0 saturated carbocycles. The van der Waals surface area contributed by atoms with Crippen LogP contribution in [0.3, 0.4) is 0 Å². The highest BCUT2D eigenvalue weighted by molar-refractivity contribution is 5.82. The molecule has 3 rings (SSSR count). The van der Waals surface area contributed by atoms with Gasteiger partial charge in [-0.25, -0.2) is 0 Å². The zero-order valence-electron chi connectivity index (χ0n) is 14.4. The van der Waals surface area contributed by atoms with Crippen molar-refractivity contribution in [1.82, 2.24) is 25.3 Å². The van der Waals surface area contributed by atoms with E-state index in [1.54, 1.807) is 7.05 Å². The molecule has 1 amide bonds. The number of H-pyrrole nitrogens is 1. The molecule has 0 bridgehead atoms. The Labute approximate surface area is 142 Å². The van der Waals surface area contributed by atoms with Gasteiger partial charge in [-0.2, -0.15) is 5.10 Å². The van der Waals surface area contributed by atoms with Gasteiger partial charge >= 0.3 is 0 Å². The minimum atomic E-state index is -0.224. The Kier molecular flexibility index (Phi) is 5.34. The summed E-state index contributed by atoms with van der Waals surface area (Å²) in [5.41, 5.74) is 2.19. The van der Waals surface area contributed by atoms with E-state index in [4.69, 9.17) is 4.74 Å². The van der Waals surface area contributed by atoms with Gasteiger partial charge in [-0.15, -0.1) is 0 Å². The van der Waals surface area contributed by atoms with Crippen LogP contribution in [0.25, 0.3) is 0 Å². The normalized spacial score (nSPS) is 22.1. The molecule has 0 radical (unpaired) electrons. The van der Waals surface area contributed by atoms with Gasteiger partial charge in [0.2, 0.25) is 0 Å². The third-order valence-corrected chi connectivity index (χ3v) is 4.68. The van der Waals surface area contributed by atoms with Crippen LogP contribution in [0.1, 0.15) is 24.1 Å². The van der Waals surface area contributed by atoms with Crippen LogP contribution in [0.2, 0.25) is 0 Å². The fraction of sp³-hybridized carbons (Fsp3) is 0.688. The topological polar surface area (TPSA) is 85.9 Å². The van der Waals surface area contributed by atoms with Crippen molar-refractivity contribution < 1.29 is 9.53 Å². The second-order valence-electron chi connectivity index (χ2n) is 6.24. The Morgan fingerprint density at radius 2 is 2.17 bits per heavy atom. The smallest absolute Gasteiger partial charge is 0.251 e. The van der Waals surface area contributed by atoms with Gasteiger partial charge in [0.25, 0.3) is 5.91 Å². The molecule has 1 unspecified atom stereocenters. The van der Waals surface area contributed by atoms with E-state index < -0.39 is 0 Å². The lowest BCUT2D eigenvalue weighted by molar-refractivity contribution is -0.142. The number of amides is 1. The number of ether oxygens (including phenoxy) is 1. The molecule has 3 heterocycles. The molecular formula is C16H26N6O2. The monoisotopic (exact) mass is 334 g/mol. The van der Waals surface area contributed by atoms with Gasteiger partial charge in [-0.1, -0.05) is 0 Å². The number of hydrogen-bond acceptors (Lipinski definition) is 4. The Bertz CT molecular complexity index is 585. The van der Waals surface area contributed by atoms with Crippen LogP contribution in [0.15, 0.2) is 11.2 Å². The molecule has 0 aromatic carbocycles. The second-order valence-corrected chi connectivity index (χ2v) is 6.24. The molecule has 8 heteroatoms. The molecule has 8 nitrogen and oxygen atoms in total. The van der Waals surface area contributed by atoms with Crippen LogP contribution in [-0.2, 0) is 16.1 Å². The largest absolute Gasteiger partial charge is 0.368 e. The highest BCUT2D eigenvalue weighted by Crippen LogP contribution is 2.16. The van der Waals surface area contributed by atoms with Gasteiger partial charge in [-0.05, 0) is 19.8 Å². The predicted molar refractivity (Wildman–Crippen MR) is 90.7 cm³/mol. The van der Waals surface area contributed by atoms with Crippen molar-refractivity contribution in [2.24, 2.45) is 4.99 Å². The minimum absolute atomic E-state index is 0.143. The highest BCUT2D eigenvalue weighted by Gasteiger charge is 2.30. The standard InChI is InChI=1S/C16H26N6O2/c1-12-13(11-19-20-12)10-18-16(17-2)22-7-5-21(6-8-22)15(23)14-4-3-9-24-14/h11,14H,3-10H2,1-2H3,(H,17,18)(H,19,20). The summed E-state index contributed by atoms with van der Waals surface area (Å²) in [5, 5.41) is 10.3. The quantitative estimate of drug-likeness (QED) is 0.606. The molecule has 1 aromatic rings. The van der Waals surface area contributed by atoms with E-state index in [1.807, 2.05) is 18.0 Å². The first-order chi connectivity index (χ1) is 11.7. The van der Waals surface area contributed by atoms with Gasteiger partial charge in [-0.3, -0.25) is 14.9 Å². The van der Waals surface area contributed by atoms with Gasteiger partial charge in [0, 0.05) is 57.6 Å². The molecule has 2 fully saturated rings. The van der Waals surface area contributed by atoms with Gasteiger partial charge in [0.15, 0.2) is 5.96 Å². The molecule has 1 atom stereocenters. The molecule has 0 spiro atoms. The fourth-order valence-electron chi connectivity index (χ4n) is 3.18. The van der Waals surface area contributed by atoms with Gasteiger partial charge in [0.05, 0.1) is 6.20 Å². The Balaban J connectivity index is 1.49. The van der Waals surface area contributed by atoms with Crippen molar-refractivity contribution in [3.05, 3.63) is 17.5 Å². The summed E-state index contributed by atoms with van der Waals surface area (Å²) in [6.07, 6.45) is 3.44. The van der Waals surface area contributed by atoms with Gasteiger partial charge < -0.3 is 19.9 Å². The maximum atomic E-state index is 12.4. The number of guanidine groups is 1. The van der Waals surface area contributed by atoms with Crippen LogP contribution >= 0.6 is 0 Å². The summed E-state index contributed by atoms with van der Waals surface area (Å²) in [5.74, 6) is 1.00. The van der Waals surface area contributed by atoms with E-state index in [1.165, 1.54) is 0 Å². The highest BCUT2D eigenvalue weighted by atomic mass is 16.5. The van der Waals surface area contributed by atoms with Crippen LogP contribution in [-0.4, -0.2) is 77.8 Å². The summed E-state index contributed by atoms with van der Waals surface area (Å²) < 4.78 is 5.50. The predicted octanol–water partition coefficient (Wildman–Crippen LogP) is 0.117. The third kappa shape index (κ3) is 3.69. The van der Waals surface area contributed by atoms with E-state index in [2.05, 4.69) is 25.4 Å². The molecule has 132 valence electrons.